The van der Waals surface area contributed by atoms with Crippen LogP contribution in [0.5, 0.6) is 0 Å². The average molecular weight is 433 g/mol. The fraction of sp³-hybridized carbons (Fsp3) is 0.200. The van der Waals surface area contributed by atoms with Gasteiger partial charge in [0.25, 0.3) is 5.91 Å². The summed E-state index contributed by atoms with van der Waals surface area (Å²) in [6.07, 6.45) is -0.314. The zero-order valence-corrected chi connectivity index (χ0v) is 16.6. The van der Waals surface area contributed by atoms with Crippen LogP contribution in [0.15, 0.2) is 48.5 Å². The molecule has 2 amide bonds. The van der Waals surface area contributed by atoms with E-state index in [4.69, 9.17) is 12.2 Å². The minimum Gasteiger partial charge on any atom is -0.468 e. The zero-order chi connectivity index (χ0) is 21.8. The number of ether oxygens (including phenoxy) is 1. The summed E-state index contributed by atoms with van der Waals surface area (Å²) in [4.78, 5) is 39.8. The Labute approximate surface area is 176 Å². The first kappa shape index (κ1) is 21.3. The van der Waals surface area contributed by atoms with E-state index in [-0.39, 0.29) is 18.1 Å². The van der Waals surface area contributed by atoms with Gasteiger partial charge in [-0.25, -0.2) is 8.78 Å². The second-order valence-corrected chi connectivity index (χ2v) is 6.78. The number of rotatable bonds is 6. The van der Waals surface area contributed by atoms with E-state index in [0.29, 0.717) is 11.4 Å². The van der Waals surface area contributed by atoms with Crippen LogP contribution in [-0.2, 0) is 19.1 Å². The van der Waals surface area contributed by atoms with Crippen molar-refractivity contribution in [1.29, 1.82) is 0 Å². The highest BCUT2D eigenvalue weighted by Crippen LogP contribution is 2.27. The summed E-state index contributed by atoms with van der Waals surface area (Å²) in [5, 5.41) is 2.57. The Hall–Kier alpha value is -3.40. The summed E-state index contributed by atoms with van der Waals surface area (Å²) in [5.41, 5.74) is 0.659. The van der Waals surface area contributed by atoms with Crippen LogP contribution in [0.25, 0.3) is 0 Å². The molecule has 7 nitrogen and oxygen atoms in total. The highest BCUT2D eigenvalue weighted by atomic mass is 32.1. The van der Waals surface area contributed by atoms with E-state index >= 15 is 0 Å². The van der Waals surface area contributed by atoms with Gasteiger partial charge in [-0.1, -0.05) is 0 Å². The summed E-state index contributed by atoms with van der Waals surface area (Å²) in [6.45, 7) is -0.340. The van der Waals surface area contributed by atoms with Crippen molar-refractivity contribution < 1.29 is 27.9 Å². The number of anilines is 2. The van der Waals surface area contributed by atoms with Crippen LogP contribution >= 0.6 is 12.2 Å². The third-order valence-electron chi connectivity index (χ3n) is 4.44. The Bertz CT molecular complexity index is 983. The number of amides is 2. The maximum atomic E-state index is 13.3. The maximum Gasteiger partial charge on any atom is 0.325 e. The van der Waals surface area contributed by atoms with Crippen molar-refractivity contribution in [2.75, 3.05) is 23.9 Å². The molecule has 1 unspecified atom stereocenters. The molecule has 156 valence electrons. The molecular formula is C20H17F2N3O4S. The predicted octanol–water partition coefficient (Wildman–Crippen LogP) is 2.47. The molecule has 1 fully saturated rings. The third-order valence-corrected chi connectivity index (χ3v) is 4.85. The van der Waals surface area contributed by atoms with E-state index in [1.54, 1.807) is 0 Å². The van der Waals surface area contributed by atoms with Gasteiger partial charge in [-0.15, -0.1) is 0 Å². The summed E-state index contributed by atoms with van der Waals surface area (Å²) in [7, 11) is 1.19. The van der Waals surface area contributed by atoms with E-state index in [0.717, 1.165) is 4.90 Å². The number of hydrogen-bond donors (Lipinski definition) is 1. The van der Waals surface area contributed by atoms with Crippen LogP contribution in [-0.4, -0.2) is 47.5 Å². The highest BCUT2D eigenvalue weighted by Gasteiger charge is 2.45. The van der Waals surface area contributed by atoms with Gasteiger partial charge in [-0.05, 0) is 60.7 Å². The van der Waals surface area contributed by atoms with E-state index < -0.39 is 35.5 Å². The largest absolute Gasteiger partial charge is 0.468 e. The molecule has 1 atom stereocenters. The normalized spacial score (nSPS) is 16.0. The smallest absolute Gasteiger partial charge is 0.325 e. The molecule has 0 aromatic heterocycles. The van der Waals surface area contributed by atoms with Crippen LogP contribution in [0.1, 0.15) is 6.42 Å². The standard InChI is InChI=1S/C20H17F2N3O4S/c1-29-18(27)11-24-16(10-17(26)23-14-6-2-12(21)3-7-14)19(28)25(20(24)30)15-8-4-13(22)5-9-15/h2-9,16H,10-11H2,1H3,(H,23,26). The number of carbonyl (C=O) groups excluding carboxylic acids is 3. The molecule has 0 bridgehead atoms. The minimum atomic E-state index is -1.07. The molecule has 0 aliphatic carbocycles. The van der Waals surface area contributed by atoms with Gasteiger partial charge < -0.3 is 15.0 Å². The Kier molecular flexibility index (Phi) is 6.36. The third kappa shape index (κ3) is 4.60. The first-order valence-corrected chi connectivity index (χ1v) is 9.23. The molecule has 1 aliphatic rings. The molecule has 0 spiro atoms. The number of thiocarbonyl (C=S) groups is 1. The summed E-state index contributed by atoms with van der Waals surface area (Å²) in [6, 6.07) is 9.15. The highest BCUT2D eigenvalue weighted by molar-refractivity contribution is 7.80. The van der Waals surface area contributed by atoms with Gasteiger partial charge >= 0.3 is 5.97 Å². The number of benzene rings is 2. The van der Waals surface area contributed by atoms with Crippen molar-refractivity contribution in [3.63, 3.8) is 0 Å². The van der Waals surface area contributed by atoms with Gasteiger partial charge in [-0.2, -0.15) is 0 Å². The van der Waals surface area contributed by atoms with Crippen molar-refractivity contribution in [3.8, 4) is 0 Å². The molecule has 2 aromatic rings. The Morgan fingerprint density at radius 3 is 2.20 bits per heavy atom. The quantitative estimate of drug-likeness (QED) is 0.557. The van der Waals surface area contributed by atoms with Crippen LogP contribution < -0.4 is 10.2 Å². The molecule has 30 heavy (non-hydrogen) atoms. The van der Waals surface area contributed by atoms with Crippen LogP contribution in [0.3, 0.4) is 0 Å². The van der Waals surface area contributed by atoms with Gasteiger partial charge in [0.15, 0.2) is 5.11 Å². The topological polar surface area (TPSA) is 79.0 Å². The Morgan fingerprint density at radius 2 is 1.63 bits per heavy atom. The molecule has 3 rings (SSSR count). The number of hydrogen-bond acceptors (Lipinski definition) is 5. The minimum absolute atomic E-state index is 0.00316. The van der Waals surface area contributed by atoms with E-state index in [1.807, 2.05) is 0 Å². The van der Waals surface area contributed by atoms with Crippen molar-refractivity contribution in [2.24, 2.45) is 0 Å². The number of esters is 1. The second kappa shape index (κ2) is 8.95. The Morgan fingerprint density at radius 1 is 1.07 bits per heavy atom. The number of methoxy groups -OCH3 is 1. The van der Waals surface area contributed by atoms with E-state index in [1.165, 1.54) is 60.5 Å². The van der Waals surface area contributed by atoms with Crippen LogP contribution in [0.4, 0.5) is 20.2 Å². The first-order chi connectivity index (χ1) is 14.3. The molecule has 0 saturated carbocycles. The van der Waals surface area contributed by atoms with Gasteiger partial charge in [0.05, 0.1) is 19.2 Å². The van der Waals surface area contributed by atoms with Crippen molar-refractivity contribution >= 4 is 46.5 Å². The molecule has 1 N–H and O–H groups in total. The van der Waals surface area contributed by atoms with Crippen molar-refractivity contribution in [2.45, 2.75) is 12.5 Å². The predicted molar refractivity (Wildman–Crippen MR) is 109 cm³/mol. The fourth-order valence-electron chi connectivity index (χ4n) is 2.97. The number of nitrogens with zero attached hydrogens (tertiary/aromatic N) is 2. The number of nitrogens with one attached hydrogen (secondary N) is 1. The summed E-state index contributed by atoms with van der Waals surface area (Å²) in [5.74, 6) is -2.65. The Balaban J connectivity index is 1.83. The number of halogens is 2. The van der Waals surface area contributed by atoms with Gasteiger partial charge in [0.2, 0.25) is 5.91 Å². The molecule has 1 saturated heterocycles. The van der Waals surface area contributed by atoms with Gasteiger partial charge in [0, 0.05) is 5.69 Å². The maximum absolute atomic E-state index is 13.3. The van der Waals surface area contributed by atoms with E-state index in [9.17, 15) is 23.2 Å². The lowest BCUT2D eigenvalue weighted by molar-refractivity contribution is -0.141. The van der Waals surface area contributed by atoms with Gasteiger partial charge in [-0.3, -0.25) is 19.3 Å². The fourth-order valence-corrected chi connectivity index (χ4v) is 3.35. The summed E-state index contributed by atoms with van der Waals surface area (Å²) < 4.78 is 30.9. The van der Waals surface area contributed by atoms with Crippen molar-refractivity contribution in [1.82, 2.24) is 4.90 Å². The lowest BCUT2D eigenvalue weighted by atomic mass is 10.1. The van der Waals surface area contributed by atoms with Gasteiger partial charge in [0.1, 0.15) is 24.2 Å². The second-order valence-electron chi connectivity index (χ2n) is 6.41. The SMILES string of the molecule is COC(=O)CN1C(=S)N(c2ccc(F)cc2)C(=O)C1CC(=O)Nc1ccc(F)cc1. The monoisotopic (exact) mass is 433 g/mol. The van der Waals surface area contributed by atoms with E-state index in [2.05, 4.69) is 10.1 Å². The molecular weight excluding hydrogens is 416 g/mol. The lowest BCUT2D eigenvalue weighted by Gasteiger charge is -2.22. The first-order valence-electron chi connectivity index (χ1n) is 8.82. The van der Waals surface area contributed by atoms with Crippen LogP contribution in [0, 0.1) is 11.6 Å². The zero-order valence-electron chi connectivity index (χ0n) is 15.8. The van der Waals surface area contributed by atoms with Crippen molar-refractivity contribution in [3.05, 3.63) is 60.2 Å². The molecule has 10 heteroatoms. The number of carbonyl (C=O) groups is 3. The van der Waals surface area contributed by atoms with Crippen LogP contribution in [0.2, 0.25) is 0 Å². The summed E-state index contributed by atoms with van der Waals surface area (Å²) >= 11 is 5.35. The molecule has 0 radical (unpaired) electrons. The molecule has 1 heterocycles. The molecule has 1 aliphatic heterocycles. The molecule has 2 aromatic carbocycles. The average Bonchev–Trinajstić information content (AvgIpc) is 2.94. The lowest BCUT2D eigenvalue weighted by Crippen LogP contribution is -2.41.